The Morgan fingerprint density at radius 1 is 1.00 bits per heavy atom. The number of ether oxygens (including phenoxy) is 4. The van der Waals surface area contributed by atoms with Crippen LogP contribution < -0.4 is 24.3 Å². The maximum atomic E-state index is 12.0. The van der Waals surface area contributed by atoms with Crippen LogP contribution >= 0.6 is 0 Å². The minimum absolute atomic E-state index is 0.0312. The maximum Gasteiger partial charge on any atom is 0.258 e. The van der Waals surface area contributed by atoms with E-state index in [1.165, 1.54) is 14.2 Å². The Balaban J connectivity index is 1.78. The second kappa shape index (κ2) is 11.0. The Labute approximate surface area is 165 Å². The Bertz CT molecular complexity index is 742. The molecule has 7 nitrogen and oxygen atoms in total. The zero-order chi connectivity index (χ0) is 20.4. The van der Waals surface area contributed by atoms with Gasteiger partial charge in [-0.25, -0.2) is 0 Å². The van der Waals surface area contributed by atoms with Crippen molar-refractivity contribution in [3.8, 4) is 23.0 Å². The van der Waals surface area contributed by atoms with Gasteiger partial charge in [0.2, 0.25) is 5.75 Å². The quantitative estimate of drug-likeness (QED) is 0.613. The van der Waals surface area contributed by atoms with Crippen molar-refractivity contribution >= 4 is 5.91 Å². The fourth-order valence-electron chi connectivity index (χ4n) is 2.56. The second-order valence-corrected chi connectivity index (χ2v) is 6.01. The Kier molecular flexibility index (Phi) is 8.42. The summed E-state index contributed by atoms with van der Waals surface area (Å²) in [7, 11) is 3.05. The molecule has 7 heteroatoms. The summed E-state index contributed by atoms with van der Waals surface area (Å²) in [6.45, 7) is 1.91. The number of nitrogens with one attached hydrogen (secondary N) is 1. The third-order valence-electron chi connectivity index (χ3n) is 4.05. The summed E-state index contributed by atoms with van der Waals surface area (Å²) >= 11 is 0. The molecule has 2 aromatic rings. The first-order valence-corrected chi connectivity index (χ1v) is 9.08. The number of hydrogen-bond donors (Lipinski definition) is 2. The molecule has 2 rings (SSSR count). The molecule has 0 aliphatic heterocycles. The minimum atomic E-state index is -0.901. The summed E-state index contributed by atoms with van der Waals surface area (Å²) in [5, 5.41) is 12.7. The zero-order valence-electron chi connectivity index (χ0n) is 16.4. The maximum absolute atomic E-state index is 12.0. The SMILES string of the molecule is CCc1ccccc1OCC(=O)NCC(O)COc1c(OC)cccc1OC. The average Bonchev–Trinajstić information content (AvgIpc) is 2.74. The molecule has 28 heavy (non-hydrogen) atoms. The van der Waals surface area contributed by atoms with Gasteiger partial charge in [0.25, 0.3) is 5.91 Å². The van der Waals surface area contributed by atoms with E-state index in [9.17, 15) is 9.90 Å². The molecule has 0 spiro atoms. The van der Waals surface area contributed by atoms with Gasteiger partial charge in [-0.1, -0.05) is 31.2 Å². The van der Waals surface area contributed by atoms with Crippen LogP contribution in [0.25, 0.3) is 0 Å². The summed E-state index contributed by atoms with van der Waals surface area (Å²) in [5.74, 6) is 1.77. The molecule has 0 aliphatic rings. The van der Waals surface area contributed by atoms with Crippen LogP contribution in [0.5, 0.6) is 23.0 Å². The van der Waals surface area contributed by atoms with Crippen LogP contribution in [-0.4, -0.2) is 51.1 Å². The highest BCUT2D eigenvalue weighted by Gasteiger charge is 2.14. The number of carbonyl (C=O) groups is 1. The first-order chi connectivity index (χ1) is 13.6. The average molecular weight is 389 g/mol. The monoisotopic (exact) mass is 389 g/mol. The highest BCUT2D eigenvalue weighted by atomic mass is 16.5. The largest absolute Gasteiger partial charge is 0.493 e. The number of aryl methyl sites for hydroxylation is 1. The summed E-state index contributed by atoms with van der Waals surface area (Å²) in [5.41, 5.74) is 1.04. The van der Waals surface area contributed by atoms with E-state index in [2.05, 4.69) is 5.32 Å². The molecule has 0 aromatic heterocycles. The molecule has 2 N–H and O–H groups in total. The van der Waals surface area contributed by atoms with Crippen molar-refractivity contribution < 1.29 is 28.8 Å². The van der Waals surface area contributed by atoms with E-state index < -0.39 is 6.10 Å². The normalized spacial score (nSPS) is 11.4. The molecule has 0 aliphatic carbocycles. The highest BCUT2D eigenvalue weighted by molar-refractivity contribution is 5.77. The van der Waals surface area contributed by atoms with Crippen LogP contribution in [0.1, 0.15) is 12.5 Å². The first kappa shape index (κ1) is 21.4. The fraction of sp³-hybridized carbons (Fsp3) is 0.381. The molecule has 2 aromatic carbocycles. The number of rotatable bonds is 11. The van der Waals surface area contributed by atoms with Crippen LogP contribution in [0.2, 0.25) is 0 Å². The lowest BCUT2D eigenvalue weighted by Crippen LogP contribution is -2.37. The molecule has 0 saturated carbocycles. The number of hydrogen-bond acceptors (Lipinski definition) is 6. The van der Waals surface area contributed by atoms with Gasteiger partial charge in [0.05, 0.1) is 14.2 Å². The molecule has 0 fully saturated rings. The van der Waals surface area contributed by atoms with Gasteiger partial charge in [0, 0.05) is 6.54 Å². The van der Waals surface area contributed by atoms with Crippen molar-refractivity contribution in [2.75, 3.05) is 34.0 Å². The van der Waals surface area contributed by atoms with Crippen LogP contribution in [0.4, 0.5) is 0 Å². The summed E-state index contributed by atoms with van der Waals surface area (Å²) in [4.78, 5) is 12.0. The van der Waals surface area contributed by atoms with Crippen LogP contribution in [-0.2, 0) is 11.2 Å². The lowest BCUT2D eigenvalue weighted by molar-refractivity contribution is -0.123. The van der Waals surface area contributed by atoms with Crippen molar-refractivity contribution in [1.82, 2.24) is 5.32 Å². The van der Waals surface area contributed by atoms with Crippen molar-refractivity contribution in [2.24, 2.45) is 0 Å². The van der Waals surface area contributed by atoms with E-state index in [-0.39, 0.29) is 25.7 Å². The minimum Gasteiger partial charge on any atom is -0.493 e. The predicted octanol–water partition coefficient (Wildman–Crippen LogP) is 2.20. The molecule has 1 unspecified atom stereocenters. The molecule has 1 atom stereocenters. The van der Waals surface area contributed by atoms with Gasteiger partial charge in [0.15, 0.2) is 18.1 Å². The molecule has 0 saturated heterocycles. The van der Waals surface area contributed by atoms with E-state index in [1.54, 1.807) is 18.2 Å². The first-order valence-electron chi connectivity index (χ1n) is 9.08. The molecule has 152 valence electrons. The van der Waals surface area contributed by atoms with Crippen LogP contribution in [0.15, 0.2) is 42.5 Å². The number of para-hydroxylation sites is 2. The smallest absolute Gasteiger partial charge is 0.258 e. The summed E-state index contributed by atoms with van der Waals surface area (Å²) < 4.78 is 21.7. The number of aliphatic hydroxyl groups is 1. The third-order valence-corrected chi connectivity index (χ3v) is 4.05. The fourth-order valence-corrected chi connectivity index (χ4v) is 2.56. The number of benzene rings is 2. The Morgan fingerprint density at radius 2 is 1.64 bits per heavy atom. The summed E-state index contributed by atoms with van der Waals surface area (Å²) in [6, 6.07) is 12.8. The van der Waals surface area contributed by atoms with Crippen molar-refractivity contribution in [3.63, 3.8) is 0 Å². The van der Waals surface area contributed by atoms with E-state index in [1.807, 2.05) is 31.2 Å². The van der Waals surface area contributed by atoms with Gasteiger partial charge in [-0.15, -0.1) is 0 Å². The number of carbonyl (C=O) groups excluding carboxylic acids is 1. The zero-order valence-corrected chi connectivity index (χ0v) is 16.4. The van der Waals surface area contributed by atoms with E-state index in [4.69, 9.17) is 18.9 Å². The molecule has 1 amide bonds. The molecule has 0 radical (unpaired) electrons. The Hall–Kier alpha value is -2.93. The summed E-state index contributed by atoms with van der Waals surface area (Å²) in [6.07, 6.45) is -0.0817. The molecule has 0 heterocycles. The second-order valence-electron chi connectivity index (χ2n) is 6.01. The van der Waals surface area contributed by atoms with Gasteiger partial charge < -0.3 is 29.4 Å². The van der Waals surface area contributed by atoms with Gasteiger partial charge >= 0.3 is 0 Å². The lowest BCUT2D eigenvalue weighted by atomic mass is 10.1. The van der Waals surface area contributed by atoms with Crippen LogP contribution in [0.3, 0.4) is 0 Å². The Morgan fingerprint density at radius 3 is 2.29 bits per heavy atom. The predicted molar refractivity (Wildman–Crippen MR) is 105 cm³/mol. The number of aliphatic hydroxyl groups excluding tert-OH is 1. The van der Waals surface area contributed by atoms with E-state index in [0.29, 0.717) is 23.0 Å². The molecular weight excluding hydrogens is 362 g/mol. The molecular formula is C21H27NO6. The van der Waals surface area contributed by atoms with Crippen LogP contribution in [0, 0.1) is 0 Å². The topological polar surface area (TPSA) is 86.3 Å². The highest BCUT2D eigenvalue weighted by Crippen LogP contribution is 2.36. The van der Waals surface area contributed by atoms with Crippen molar-refractivity contribution in [1.29, 1.82) is 0 Å². The van der Waals surface area contributed by atoms with Crippen molar-refractivity contribution in [2.45, 2.75) is 19.4 Å². The standard InChI is InChI=1S/C21H27NO6/c1-4-15-8-5-6-9-17(15)27-14-20(24)22-12-16(23)13-28-21-18(25-2)10-7-11-19(21)26-3/h5-11,16,23H,4,12-14H2,1-3H3,(H,22,24). The number of amides is 1. The van der Waals surface area contributed by atoms with Gasteiger partial charge in [0.1, 0.15) is 18.5 Å². The molecule has 0 bridgehead atoms. The number of methoxy groups -OCH3 is 2. The lowest BCUT2D eigenvalue weighted by Gasteiger charge is -2.17. The third kappa shape index (κ3) is 6.06. The van der Waals surface area contributed by atoms with Gasteiger partial charge in [-0.05, 0) is 30.2 Å². The van der Waals surface area contributed by atoms with Gasteiger partial charge in [-0.2, -0.15) is 0 Å². The van der Waals surface area contributed by atoms with Crippen molar-refractivity contribution in [3.05, 3.63) is 48.0 Å². The van der Waals surface area contributed by atoms with E-state index >= 15 is 0 Å². The van der Waals surface area contributed by atoms with Gasteiger partial charge in [-0.3, -0.25) is 4.79 Å². The van der Waals surface area contributed by atoms with E-state index in [0.717, 1.165) is 12.0 Å².